The Balaban J connectivity index is 0.000000487. The molecular formula is C9H12Cl2F2O3. The van der Waals surface area contributed by atoms with Gasteiger partial charge in [0.1, 0.15) is 0 Å². The number of rotatable bonds is 2. The van der Waals surface area contributed by atoms with Gasteiger partial charge in [-0.2, -0.15) is 8.78 Å². The Morgan fingerprint density at radius 1 is 1.50 bits per heavy atom. The summed E-state index contributed by atoms with van der Waals surface area (Å²) in [5.74, 6) is 0.148. The Bertz CT molecular complexity index is 294. The predicted molar refractivity (Wildman–Crippen MR) is 57.3 cm³/mol. The first-order chi connectivity index (χ1) is 6.97. The molecule has 0 heterocycles. The van der Waals surface area contributed by atoms with Crippen molar-refractivity contribution in [1.29, 1.82) is 0 Å². The fourth-order valence-corrected chi connectivity index (χ4v) is 1.28. The van der Waals surface area contributed by atoms with Crippen LogP contribution in [0.1, 0.15) is 20.3 Å². The second kappa shape index (κ2) is 5.19. The summed E-state index contributed by atoms with van der Waals surface area (Å²) in [6.45, 7) is 4.01. The largest absolute Gasteiger partial charge is 0.503 e. The van der Waals surface area contributed by atoms with Crippen LogP contribution in [-0.2, 0) is 0 Å². The lowest BCUT2D eigenvalue weighted by atomic mass is 10.1. The molecule has 0 aromatic rings. The second-order valence-corrected chi connectivity index (χ2v) is 4.98. The maximum atomic E-state index is 12.3. The summed E-state index contributed by atoms with van der Waals surface area (Å²) in [6.07, 6.45) is 0.421. The molecule has 0 saturated heterocycles. The molecule has 3 nitrogen and oxygen atoms in total. The number of carboxylic acid groups (broad SMARTS) is 2. The van der Waals surface area contributed by atoms with Gasteiger partial charge in [-0.05, 0) is 29.4 Å². The molecule has 16 heavy (non-hydrogen) atoms. The predicted octanol–water partition coefficient (Wildman–Crippen LogP) is 4.21. The molecule has 2 N–H and O–H groups in total. The summed E-state index contributed by atoms with van der Waals surface area (Å²) in [5.41, 5.74) is 0.113. The lowest BCUT2D eigenvalue weighted by molar-refractivity contribution is 0.136. The average molecular weight is 277 g/mol. The van der Waals surface area contributed by atoms with Gasteiger partial charge in [-0.15, -0.1) is 0 Å². The highest BCUT2D eigenvalue weighted by atomic mass is 35.5. The van der Waals surface area contributed by atoms with E-state index in [0.717, 1.165) is 6.42 Å². The molecule has 0 amide bonds. The zero-order valence-corrected chi connectivity index (χ0v) is 10.2. The molecule has 7 heteroatoms. The number of carbonyl (C=O) groups is 1. The van der Waals surface area contributed by atoms with Crippen LogP contribution in [0.25, 0.3) is 0 Å². The molecule has 0 spiro atoms. The standard InChI is InChI=1S/C8H10Cl2F2.CH2O3/c1-7(2)4-5(7)3-6(9)8(10,11)12;2-1(3)4/h3,5H,4H2,1-2H3;(H2,2,3,4). The number of hydrogen-bond donors (Lipinski definition) is 2. The van der Waals surface area contributed by atoms with Gasteiger partial charge in [0, 0.05) is 0 Å². The van der Waals surface area contributed by atoms with E-state index in [1.807, 2.05) is 13.8 Å². The molecule has 0 aliphatic heterocycles. The molecule has 1 rings (SSSR count). The van der Waals surface area contributed by atoms with Crippen LogP contribution in [0.2, 0.25) is 0 Å². The quantitative estimate of drug-likeness (QED) is 0.743. The lowest BCUT2D eigenvalue weighted by Gasteiger charge is -2.05. The van der Waals surface area contributed by atoms with E-state index in [0.29, 0.717) is 0 Å². The van der Waals surface area contributed by atoms with Crippen LogP contribution in [0.15, 0.2) is 11.1 Å². The van der Waals surface area contributed by atoms with Crippen molar-refractivity contribution >= 4 is 29.4 Å². The van der Waals surface area contributed by atoms with Crippen LogP contribution in [-0.4, -0.2) is 21.8 Å². The molecule has 94 valence electrons. The zero-order valence-electron chi connectivity index (χ0n) is 8.68. The minimum Gasteiger partial charge on any atom is -0.450 e. The molecule has 1 aliphatic rings. The molecule has 0 radical (unpaired) electrons. The van der Waals surface area contributed by atoms with Gasteiger partial charge in [0.2, 0.25) is 0 Å². The summed E-state index contributed by atoms with van der Waals surface area (Å²) in [6, 6.07) is 0. The third-order valence-corrected chi connectivity index (χ3v) is 2.87. The maximum Gasteiger partial charge on any atom is 0.503 e. The summed E-state index contributed by atoms with van der Waals surface area (Å²) in [5, 5.41) is 9.99. The number of halogens is 4. The third kappa shape index (κ3) is 6.12. The van der Waals surface area contributed by atoms with Crippen molar-refractivity contribution in [3.63, 3.8) is 0 Å². The number of allylic oxidation sites excluding steroid dienone is 2. The Morgan fingerprint density at radius 2 is 1.81 bits per heavy atom. The van der Waals surface area contributed by atoms with Crippen LogP contribution in [0, 0.1) is 11.3 Å². The first kappa shape index (κ1) is 15.4. The van der Waals surface area contributed by atoms with Gasteiger partial charge in [0.05, 0.1) is 5.03 Å². The minimum atomic E-state index is -3.40. The lowest BCUT2D eigenvalue weighted by Crippen LogP contribution is -2.05. The van der Waals surface area contributed by atoms with Crippen LogP contribution in [0.4, 0.5) is 13.6 Å². The highest BCUT2D eigenvalue weighted by Crippen LogP contribution is 2.54. The van der Waals surface area contributed by atoms with Crippen molar-refractivity contribution in [3.8, 4) is 0 Å². The zero-order chi connectivity index (χ0) is 13.1. The third-order valence-electron chi connectivity index (χ3n) is 2.21. The molecular weight excluding hydrogens is 265 g/mol. The van der Waals surface area contributed by atoms with Gasteiger partial charge >= 0.3 is 11.5 Å². The molecule has 0 aromatic carbocycles. The maximum absolute atomic E-state index is 12.3. The van der Waals surface area contributed by atoms with E-state index in [1.165, 1.54) is 6.08 Å². The molecule has 0 aromatic heterocycles. The van der Waals surface area contributed by atoms with E-state index >= 15 is 0 Å². The van der Waals surface area contributed by atoms with E-state index in [4.69, 9.17) is 38.2 Å². The van der Waals surface area contributed by atoms with Gasteiger partial charge in [-0.1, -0.05) is 31.5 Å². The van der Waals surface area contributed by atoms with Crippen molar-refractivity contribution < 1.29 is 23.8 Å². The number of alkyl halides is 3. The van der Waals surface area contributed by atoms with Crippen molar-refractivity contribution in [1.82, 2.24) is 0 Å². The molecule has 0 bridgehead atoms. The SMILES string of the molecule is CC1(C)CC1C=C(Cl)C(F)(F)Cl.O=C(O)O. The smallest absolute Gasteiger partial charge is 0.450 e. The van der Waals surface area contributed by atoms with E-state index in [1.54, 1.807) is 0 Å². The minimum absolute atomic E-state index is 0.113. The molecule has 1 fully saturated rings. The monoisotopic (exact) mass is 276 g/mol. The first-order valence-electron chi connectivity index (χ1n) is 4.33. The fourth-order valence-electron chi connectivity index (χ4n) is 1.06. The van der Waals surface area contributed by atoms with Crippen LogP contribution < -0.4 is 0 Å². The Morgan fingerprint density at radius 3 is 2.00 bits per heavy atom. The van der Waals surface area contributed by atoms with Crippen LogP contribution >= 0.6 is 23.2 Å². The highest BCUT2D eigenvalue weighted by molar-refractivity contribution is 6.38. The van der Waals surface area contributed by atoms with Crippen LogP contribution in [0.5, 0.6) is 0 Å². The average Bonchev–Trinajstić information content (AvgIpc) is 2.54. The van der Waals surface area contributed by atoms with E-state index < -0.39 is 16.6 Å². The number of hydrogen-bond acceptors (Lipinski definition) is 1. The van der Waals surface area contributed by atoms with Crippen molar-refractivity contribution in [3.05, 3.63) is 11.1 Å². The van der Waals surface area contributed by atoms with E-state index in [2.05, 4.69) is 0 Å². The van der Waals surface area contributed by atoms with Gasteiger partial charge in [0.25, 0.3) is 0 Å². The van der Waals surface area contributed by atoms with E-state index in [9.17, 15) is 8.78 Å². The summed E-state index contributed by atoms with van der Waals surface area (Å²) >= 11 is 10.0. The summed E-state index contributed by atoms with van der Waals surface area (Å²) in [7, 11) is 0. The van der Waals surface area contributed by atoms with Crippen molar-refractivity contribution in [2.45, 2.75) is 25.7 Å². The summed E-state index contributed by atoms with van der Waals surface area (Å²) in [4.78, 5) is 8.56. The van der Waals surface area contributed by atoms with Crippen LogP contribution in [0.3, 0.4) is 0 Å². The molecule has 1 atom stereocenters. The Hall–Kier alpha value is -0.550. The van der Waals surface area contributed by atoms with E-state index in [-0.39, 0.29) is 11.3 Å². The molecule has 1 saturated carbocycles. The van der Waals surface area contributed by atoms with Crippen molar-refractivity contribution in [2.24, 2.45) is 11.3 Å². The Labute approximate surface area is 102 Å². The molecule has 1 aliphatic carbocycles. The Kier molecular flexibility index (Phi) is 5.01. The summed E-state index contributed by atoms with van der Waals surface area (Å²) < 4.78 is 24.6. The first-order valence-corrected chi connectivity index (χ1v) is 5.09. The van der Waals surface area contributed by atoms with Gasteiger partial charge < -0.3 is 10.2 Å². The second-order valence-electron chi connectivity index (χ2n) is 4.09. The molecule has 1 unspecified atom stereocenters. The van der Waals surface area contributed by atoms with Gasteiger partial charge in [0.15, 0.2) is 0 Å². The normalized spacial score (nSPS) is 23.1. The van der Waals surface area contributed by atoms with Gasteiger partial charge in [-0.3, -0.25) is 0 Å². The highest BCUT2D eigenvalue weighted by Gasteiger charge is 2.45. The fraction of sp³-hybridized carbons (Fsp3) is 0.667. The van der Waals surface area contributed by atoms with Crippen molar-refractivity contribution in [2.75, 3.05) is 0 Å². The topological polar surface area (TPSA) is 57.5 Å². The van der Waals surface area contributed by atoms with Gasteiger partial charge in [-0.25, -0.2) is 4.79 Å².